The molecule has 0 saturated heterocycles. The van der Waals surface area contributed by atoms with Crippen LogP contribution in [-0.2, 0) is 6.54 Å². The maximum atomic E-state index is 13.4. The molecule has 0 amide bonds. The number of aromatic nitrogens is 2. The van der Waals surface area contributed by atoms with Crippen LogP contribution in [0.25, 0.3) is 10.9 Å². The van der Waals surface area contributed by atoms with Gasteiger partial charge in [0.1, 0.15) is 11.6 Å². The van der Waals surface area contributed by atoms with Crippen molar-refractivity contribution in [3.63, 3.8) is 0 Å². The number of nitrogens with two attached hydrogens (primary N) is 1. The molecule has 3 aromatic rings. The fraction of sp³-hybridized carbons (Fsp3) is 0.333. The number of nitrogens with one attached hydrogen (secondary N) is 2. The summed E-state index contributed by atoms with van der Waals surface area (Å²) in [5.41, 5.74) is 8.26. The van der Waals surface area contributed by atoms with E-state index >= 15 is 0 Å². The second-order valence-electron chi connectivity index (χ2n) is 7.90. The van der Waals surface area contributed by atoms with Crippen molar-refractivity contribution in [1.82, 2.24) is 9.97 Å². The largest absolute Gasteiger partial charge is 0.366 e. The van der Waals surface area contributed by atoms with Gasteiger partial charge in [0.25, 0.3) is 0 Å². The highest BCUT2D eigenvalue weighted by Crippen LogP contribution is 2.30. The van der Waals surface area contributed by atoms with Crippen LogP contribution in [0.5, 0.6) is 0 Å². The lowest BCUT2D eigenvalue weighted by Crippen LogP contribution is -2.31. The number of para-hydroxylation sites is 1. The van der Waals surface area contributed by atoms with Crippen molar-refractivity contribution in [1.29, 1.82) is 0 Å². The van der Waals surface area contributed by atoms with E-state index in [1.54, 1.807) is 6.07 Å². The quantitative estimate of drug-likeness (QED) is 0.528. The summed E-state index contributed by atoms with van der Waals surface area (Å²) in [6.45, 7) is 8.98. The number of benzene rings is 2. The SMILES string of the molecule is C[C@@H](Nc1nc(Nc2ccc(F)c(Cl)c2)nc2c(CN)cccc12)C(C)(C)C. The molecule has 0 aliphatic heterocycles. The Labute approximate surface area is 169 Å². The van der Waals surface area contributed by atoms with Crippen LogP contribution in [0.2, 0.25) is 5.02 Å². The van der Waals surface area contributed by atoms with Crippen molar-refractivity contribution in [3.8, 4) is 0 Å². The monoisotopic (exact) mass is 401 g/mol. The molecule has 28 heavy (non-hydrogen) atoms. The van der Waals surface area contributed by atoms with Crippen molar-refractivity contribution in [3.05, 3.63) is 52.8 Å². The number of fused-ring (bicyclic) bond motifs is 1. The molecule has 0 aliphatic carbocycles. The molecule has 3 rings (SSSR count). The number of anilines is 3. The lowest BCUT2D eigenvalue weighted by atomic mass is 9.88. The molecule has 0 fully saturated rings. The van der Waals surface area contributed by atoms with Crippen LogP contribution in [-0.4, -0.2) is 16.0 Å². The van der Waals surface area contributed by atoms with Gasteiger partial charge < -0.3 is 16.4 Å². The summed E-state index contributed by atoms with van der Waals surface area (Å²) < 4.78 is 13.4. The first-order valence-electron chi connectivity index (χ1n) is 9.17. The lowest BCUT2D eigenvalue weighted by Gasteiger charge is -2.29. The van der Waals surface area contributed by atoms with E-state index < -0.39 is 5.82 Å². The van der Waals surface area contributed by atoms with Gasteiger partial charge in [0.05, 0.1) is 10.5 Å². The highest BCUT2D eigenvalue weighted by Gasteiger charge is 2.22. The Kier molecular flexibility index (Phi) is 5.72. The van der Waals surface area contributed by atoms with Gasteiger partial charge in [0, 0.05) is 23.7 Å². The van der Waals surface area contributed by atoms with Crippen LogP contribution in [0.15, 0.2) is 36.4 Å². The minimum atomic E-state index is -0.474. The van der Waals surface area contributed by atoms with Crippen molar-refractivity contribution in [2.24, 2.45) is 11.1 Å². The van der Waals surface area contributed by atoms with Crippen LogP contribution >= 0.6 is 11.6 Å². The van der Waals surface area contributed by atoms with Gasteiger partial charge >= 0.3 is 0 Å². The molecule has 4 N–H and O–H groups in total. The van der Waals surface area contributed by atoms with E-state index in [4.69, 9.17) is 17.3 Å². The Morgan fingerprint density at radius 3 is 2.57 bits per heavy atom. The molecule has 7 heteroatoms. The average Bonchev–Trinajstić information content (AvgIpc) is 2.63. The van der Waals surface area contributed by atoms with E-state index in [0.717, 1.165) is 22.3 Å². The normalized spacial score (nSPS) is 12.8. The highest BCUT2D eigenvalue weighted by molar-refractivity contribution is 6.31. The minimum Gasteiger partial charge on any atom is -0.366 e. The minimum absolute atomic E-state index is 0.0353. The average molecular weight is 402 g/mol. The van der Waals surface area contributed by atoms with Gasteiger partial charge in [-0.3, -0.25) is 0 Å². The molecule has 1 heterocycles. The van der Waals surface area contributed by atoms with E-state index in [2.05, 4.69) is 48.3 Å². The van der Waals surface area contributed by atoms with E-state index in [1.165, 1.54) is 12.1 Å². The molecule has 2 aromatic carbocycles. The van der Waals surface area contributed by atoms with Crippen LogP contribution in [0.4, 0.5) is 21.8 Å². The van der Waals surface area contributed by atoms with Crippen molar-refractivity contribution in [2.75, 3.05) is 10.6 Å². The van der Waals surface area contributed by atoms with Crippen LogP contribution in [0, 0.1) is 11.2 Å². The number of hydrogen-bond donors (Lipinski definition) is 3. The zero-order valence-corrected chi connectivity index (χ0v) is 17.2. The summed E-state index contributed by atoms with van der Waals surface area (Å²) in [6.07, 6.45) is 0. The second kappa shape index (κ2) is 7.89. The molecule has 0 unspecified atom stereocenters. The maximum Gasteiger partial charge on any atom is 0.229 e. The summed E-state index contributed by atoms with van der Waals surface area (Å²) in [7, 11) is 0. The Morgan fingerprint density at radius 1 is 1.18 bits per heavy atom. The van der Waals surface area contributed by atoms with Gasteiger partial charge in [-0.25, -0.2) is 9.37 Å². The molecule has 5 nitrogen and oxygen atoms in total. The van der Waals surface area contributed by atoms with Gasteiger partial charge in [-0.2, -0.15) is 4.98 Å². The fourth-order valence-corrected chi connectivity index (χ4v) is 2.85. The summed E-state index contributed by atoms with van der Waals surface area (Å²) in [5, 5.41) is 7.56. The standard InChI is InChI=1S/C21H25ClFN5/c1-12(21(2,3)4)25-19-15-7-5-6-13(11-24)18(15)27-20(28-19)26-14-8-9-17(23)16(22)10-14/h5-10,12H,11,24H2,1-4H3,(H2,25,26,27,28)/t12-/m1/s1. The second-order valence-corrected chi connectivity index (χ2v) is 8.31. The number of nitrogens with zero attached hydrogens (tertiary/aromatic N) is 2. The molecule has 0 radical (unpaired) electrons. The van der Waals surface area contributed by atoms with E-state index in [0.29, 0.717) is 18.2 Å². The van der Waals surface area contributed by atoms with Crippen molar-refractivity contribution < 1.29 is 4.39 Å². The zero-order chi connectivity index (χ0) is 20.5. The molecule has 0 saturated carbocycles. The number of halogens is 2. The molecule has 1 aromatic heterocycles. The van der Waals surface area contributed by atoms with Gasteiger partial charge in [0.15, 0.2) is 0 Å². The number of hydrogen-bond acceptors (Lipinski definition) is 5. The van der Waals surface area contributed by atoms with E-state index in [-0.39, 0.29) is 16.5 Å². The summed E-state index contributed by atoms with van der Waals surface area (Å²) in [6, 6.07) is 10.4. The van der Waals surface area contributed by atoms with Crippen molar-refractivity contribution in [2.45, 2.75) is 40.3 Å². The Balaban J connectivity index is 2.08. The molecule has 148 valence electrons. The Hall–Kier alpha value is -2.44. The molecule has 1 atom stereocenters. The van der Waals surface area contributed by atoms with Gasteiger partial charge in [0.2, 0.25) is 5.95 Å². The lowest BCUT2D eigenvalue weighted by molar-refractivity contribution is 0.359. The predicted molar refractivity (Wildman–Crippen MR) is 115 cm³/mol. The Bertz CT molecular complexity index is 1000. The maximum absolute atomic E-state index is 13.4. The summed E-state index contributed by atoms with van der Waals surface area (Å²) >= 11 is 5.89. The van der Waals surface area contributed by atoms with Crippen LogP contribution in [0.1, 0.15) is 33.3 Å². The third kappa shape index (κ3) is 4.34. The summed E-state index contributed by atoms with van der Waals surface area (Å²) in [5.74, 6) is 0.636. The summed E-state index contributed by atoms with van der Waals surface area (Å²) in [4.78, 5) is 9.31. The molecule has 0 bridgehead atoms. The smallest absolute Gasteiger partial charge is 0.229 e. The molecule has 0 aliphatic rings. The molecular weight excluding hydrogens is 377 g/mol. The first kappa shape index (κ1) is 20.3. The number of rotatable bonds is 5. The first-order valence-corrected chi connectivity index (χ1v) is 9.55. The van der Waals surface area contributed by atoms with Crippen LogP contribution < -0.4 is 16.4 Å². The fourth-order valence-electron chi connectivity index (χ4n) is 2.67. The van der Waals surface area contributed by atoms with Crippen LogP contribution in [0.3, 0.4) is 0 Å². The van der Waals surface area contributed by atoms with Gasteiger partial charge in [-0.05, 0) is 42.2 Å². The topological polar surface area (TPSA) is 75.9 Å². The third-order valence-corrected chi connectivity index (χ3v) is 5.15. The van der Waals surface area contributed by atoms with E-state index in [9.17, 15) is 4.39 Å². The van der Waals surface area contributed by atoms with E-state index in [1.807, 2.05) is 18.2 Å². The van der Waals surface area contributed by atoms with Gasteiger partial charge in [-0.15, -0.1) is 0 Å². The highest BCUT2D eigenvalue weighted by atomic mass is 35.5. The Morgan fingerprint density at radius 2 is 1.93 bits per heavy atom. The van der Waals surface area contributed by atoms with Crippen molar-refractivity contribution >= 4 is 40.0 Å². The molecular formula is C21H25ClFN5. The molecule has 0 spiro atoms. The zero-order valence-electron chi connectivity index (χ0n) is 16.5. The predicted octanol–water partition coefficient (Wildman–Crippen LogP) is 5.47. The first-order chi connectivity index (χ1) is 13.2. The van der Waals surface area contributed by atoms with Gasteiger partial charge in [-0.1, -0.05) is 44.5 Å². The third-order valence-electron chi connectivity index (χ3n) is 4.86.